The smallest absolute Gasteiger partial charge is 0.214 e. The van der Waals surface area contributed by atoms with Gasteiger partial charge in [-0.05, 0) is 51.4 Å². The van der Waals surface area contributed by atoms with Crippen molar-refractivity contribution in [3.05, 3.63) is 121 Å². The maximum Gasteiger partial charge on any atom is 2.00 e. The first-order chi connectivity index (χ1) is 15.8. The van der Waals surface area contributed by atoms with Gasteiger partial charge in [0.15, 0.2) is 0 Å². The monoisotopic (exact) mass is 518 g/mol. The van der Waals surface area contributed by atoms with E-state index in [0.717, 1.165) is 0 Å². The van der Waals surface area contributed by atoms with Crippen LogP contribution in [0, 0.1) is 47.4 Å². The molecule has 0 aromatic heterocycles. The molecule has 0 saturated heterocycles. The Hall–Kier alpha value is -2.24. The van der Waals surface area contributed by atoms with Crippen molar-refractivity contribution in [3.63, 3.8) is 0 Å². The molecule has 0 aliphatic heterocycles. The molecule has 0 bridgehead atoms. The molecule has 0 atom stereocenters. The van der Waals surface area contributed by atoms with E-state index in [9.17, 15) is 0 Å². The van der Waals surface area contributed by atoms with E-state index in [2.05, 4.69) is 47.4 Å². The molecule has 4 aromatic rings. The van der Waals surface area contributed by atoms with Gasteiger partial charge in [0.2, 0.25) is 0 Å². The maximum absolute atomic E-state index is 2.64. The van der Waals surface area contributed by atoms with E-state index in [1.54, 1.807) is 27.7 Å². The fourth-order valence-electron chi connectivity index (χ4n) is 1.53. The van der Waals surface area contributed by atoms with Crippen LogP contribution in [0.2, 0.25) is 0 Å². The van der Waals surface area contributed by atoms with Gasteiger partial charge in [-0.25, -0.2) is 48.5 Å². The third-order valence-corrected chi connectivity index (χ3v) is 2.85. The van der Waals surface area contributed by atoms with Gasteiger partial charge in [-0.2, -0.15) is 72.8 Å². The van der Waals surface area contributed by atoms with Crippen LogP contribution in [0.5, 0.6) is 0 Å². The fourth-order valence-corrected chi connectivity index (χ4v) is 1.53. The largest absolute Gasteiger partial charge is 2.00 e. The zero-order valence-corrected chi connectivity index (χ0v) is 25.0. The van der Waals surface area contributed by atoms with Crippen LogP contribution in [0.1, 0.15) is 35.1 Å². The van der Waals surface area contributed by atoms with Crippen molar-refractivity contribution in [2.45, 2.75) is 35.1 Å². The molecule has 4 rings (SSSR count). The summed E-state index contributed by atoms with van der Waals surface area (Å²) in [6, 6.07) is 40.0. The summed E-state index contributed by atoms with van der Waals surface area (Å²) in [5.74, 6) is 20.9. The van der Waals surface area contributed by atoms with Gasteiger partial charge < -0.3 is 0 Å². The van der Waals surface area contributed by atoms with Gasteiger partial charge in [0.05, 0.1) is 0 Å². The normalized spacial score (nSPS) is 5.67. The second-order valence-corrected chi connectivity index (χ2v) is 5.35. The minimum absolute atomic E-state index is 0. The Labute approximate surface area is 267 Å². The Morgan fingerprint density at radius 3 is 0.583 bits per heavy atom. The van der Waals surface area contributed by atoms with Crippen LogP contribution < -0.4 is 48.4 Å². The molecule has 0 N–H and O–H groups in total. The zero-order chi connectivity index (χ0) is 23.8. The van der Waals surface area contributed by atoms with Crippen molar-refractivity contribution < 1.29 is 65.5 Å². The summed E-state index contributed by atoms with van der Waals surface area (Å²) < 4.78 is 0. The quantitative estimate of drug-likeness (QED) is 0.191. The van der Waals surface area contributed by atoms with Crippen LogP contribution in [-0.4, -0.2) is 0 Å². The van der Waals surface area contributed by atoms with Crippen LogP contribution in [0.4, 0.5) is 0 Å². The van der Waals surface area contributed by atoms with Gasteiger partial charge in [-0.15, -0.1) is 0 Å². The van der Waals surface area contributed by atoms with Gasteiger partial charge in [-0.1, -0.05) is 31.1 Å². The summed E-state index contributed by atoms with van der Waals surface area (Å²) >= 11 is 0. The molecule has 178 valence electrons. The Bertz CT molecular complexity index is 766. The van der Waals surface area contributed by atoms with Gasteiger partial charge in [0.1, 0.15) is 0 Å². The molecule has 0 aliphatic rings. The molecule has 3 heteroatoms. The van der Waals surface area contributed by atoms with Crippen molar-refractivity contribution in [1.82, 2.24) is 0 Å². The standard InChI is InChI=1S/2C6H6.4C5H5.CH4.Fe.Li.Na/c2*1-3-5-6-4-2;4*1-2-4-5-3-1;;;;/h2*1-2H3;4*1-5H;1H4;;;/q;;4*-1;;+2;2*+1. The number of hydrogen-bond donors (Lipinski definition) is 0. The molecule has 0 amide bonds. The summed E-state index contributed by atoms with van der Waals surface area (Å²) in [4.78, 5) is 0. The molecular weight excluding hydrogens is 482 g/mol. The van der Waals surface area contributed by atoms with E-state index in [-0.39, 0.29) is 72.9 Å². The van der Waals surface area contributed by atoms with Crippen molar-refractivity contribution in [2.75, 3.05) is 0 Å². The first-order valence-electron chi connectivity index (χ1n) is 10.2. The van der Waals surface area contributed by atoms with Crippen LogP contribution in [-0.2, 0) is 17.1 Å². The molecule has 0 saturated carbocycles. The summed E-state index contributed by atoms with van der Waals surface area (Å²) in [6.45, 7) is 7.07. The Morgan fingerprint density at radius 2 is 0.528 bits per heavy atom. The Kier molecular flexibility index (Phi) is 65.0. The third kappa shape index (κ3) is 53.2. The molecule has 0 spiro atoms. The zero-order valence-electron chi connectivity index (χ0n) is 21.9. The van der Waals surface area contributed by atoms with Gasteiger partial charge in [0.25, 0.3) is 0 Å². The SMILES string of the molecule is C.CC#CC#CC.CC#CC#CC.[Fe+2].[Li+].[Na+].c1cc[cH-]c1.c1cc[cH-]c1.c1cc[cH-]c1.c1cc[cH-]c1. The maximum atomic E-state index is 2.64. The second-order valence-electron chi connectivity index (χ2n) is 5.35. The Morgan fingerprint density at radius 1 is 0.389 bits per heavy atom. The average molecular weight is 518 g/mol. The summed E-state index contributed by atoms with van der Waals surface area (Å²) in [7, 11) is 0. The molecule has 0 radical (unpaired) electrons. The molecule has 36 heavy (non-hydrogen) atoms. The molecule has 0 nitrogen and oxygen atoms in total. The van der Waals surface area contributed by atoms with Crippen LogP contribution in [0.15, 0.2) is 121 Å². The molecule has 0 heterocycles. The predicted octanol–water partition coefficient (Wildman–Crippen LogP) is 2.33. The van der Waals surface area contributed by atoms with E-state index >= 15 is 0 Å². The van der Waals surface area contributed by atoms with Crippen LogP contribution >= 0.6 is 0 Å². The minimum atomic E-state index is 0. The topological polar surface area (TPSA) is 0 Å². The van der Waals surface area contributed by atoms with Crippen molar-refractivity contribution in [2.24, 2.45) is 0 Å². The third-order valence-electron chi connectivity index (χ3n) is 2.85. The molecular formula is C33H36FeLiNa. The Balaban J connectivity index is -0.0000000734. The van der Waals surface area contributed by atoms with Crippen molar-refractivity contribution in [1.29, 1.82) is 0 Å². The second kappa shape index (κ2) is 49.8. The van der Waals surface area contributed by atoms with Gasteiger partial charge >= 0.3 is 65.5 Å². The average Bonchev–Trinajstić information content (AvgIpc) is 3.69. The van der Waals surface area contributed by atoms with Crippen LogP contribution in [0.25, 0.3) is 0 Å². The predicted molar refractivity (Wildman–Crippen MR) is 149 cm³/mol. The van der Waals surface area contributed by atoms with Crippen LogP contribution in [0.3, 0.4) is 0 Å². The molecule has 0 unspecified atom stereocenters. The number of rotatable bonds is 0. The molecule has 4 aromatic carbocycles. The summed E-state index contributed by atoms with van der Waals surface area (Å²) in [5, 5.41) is 0. The fraction of sp³-hybridized carbons (Fsp3) is 0.152. The summed E-state index contributed by atoms with van der Waals surface area (Å²) in [6.07, 6.45) is 0. The van der Waals surface area contributed by atoms with E-state index in [1.165, 1.54) is 0 Å². The van der Waals surface area contributed by atoms with Gasteiger partial charge in [0, 0.05) is 0 Å². The van der Waals surface area contributed by atoms with Crippen molar-refractivity contribution >= 4 is 0 Å². The van der Waals surface area contributed by atoms with Crippen molar-refractivity contribution in [3.8, 4) is 47.4 Å². The van der Waals surface area contributed by atoms with E-state index in [4.69, 9.17) is 0 Å². The minimum Gasteiger partial charge on any atom is -0.214 e. The van der Waals surface area contributed by atoms with E-state index in [1.807, 2.05) is 121 Å². The van der Waals surface area contributed by atoms with Gasteiger partial charge in [-0.3, -0.25) is 0 Å². The first kappa shape index (κ1) is 47.0. The molecule has 0 aliphatic carbocycles. The number of hydrogen-bond acceptors (Lipinski definition) is 0. The van der Waals surface area contributed by atoms with E-state index in [0.29, 0.717) is 0 Å². The first-order valence-corrected chi connectivity index (χ1v) is 10.2. The summed E-state index contributed by atoms with van der Waals surface area (Å²) in [5.41, 5.74) is 0. The molecule has 0 fully saturated rings. The van der Waals surface area contributed by atoms with E-state index < -0.39 is 0 Å².